The van der Waals surface area contributed by atoms with E-state index < -0.39 is 17.9 Å². The second kappa shape index (κ2) is 8.97. The van der Waals surface area contributed by atoms with E-state index in [0.29, 0.717) is 17.2 Å². The molecular weight excluding hydrogens is 375 g/mol. The molecule has 1 amide bonds. The van der Waals surface area contributed by atoms with Crippen molar-refractivity contribution in [1.29, 1.82) is 0 Å². The number of aromatic nitrogens is 1. The van der Waals surface area contributed by atoms with Crippen LogP contribution in [-0.4, -0.2) is 30.0 Å². The number of halogens is 1. The van der Waals surface area contributed by atoms with E-state index in [9.17, 15) is 14.0 Å². The Kier molecular flexibility index (Phi) is 6.19. The lowest BCUT2D eigenvalue weighted by atomic mass is 10.1. The number of pyridine rings is 1. The molecule has 0 unspecified atom stereocenters. The van der Waals surface area contributed by atoms with Crippen LogP contribution >= 0.6 is 0 Å². The van der Waals surface area contributed by atoms with Gasteiger partial charge in [-0.05, 0) is 67.6 Å². The van der Waals surface area contributed by atoms with Crippen LogP contribution < -0.4 is 10.1 Å². The summed E-state index contributed by atoms with van der Waals surface area (Å²) in [5.74, 6) is -0.229. The number of amides is 1. The Balaban J connectivity index is 1.72. The summed E-state index contributed by atoms with van der Waals surface area (Å²) in [5, 5.41) is 2.54. The molecule has 0 saturated carbocycles. The highest BCUT2D eigenvalue weighted by Crippen LogP contribution is 2.25. The van der Waals surface area contributed by atoms with Gasteiger partial charge < -0.3 is 14.8 Å². The van der Waals surface area contributed by atoms with Crippen LogP contribution in [0.4, 0.5) is 4.39 Å². The number of esters is 1. The third-order valence-corrected chi connectivity index (χ3v) is 4.08. The van der Waals surface area contributed by atoms with Crippen molar-refractivity contribution in [2.24, 2.45) is 0 Å². The molecule has 1 atom stereocenters. The van der Waals surface area contributed by atoms with Crippen LogP contribution in [0.5, 0.6) is 11.5 Å². The van der Waals surface area contributed by atoms with Crippen molar-refractivity contribution in [3.05, 3.63) is 78.2 Å². The second-order valence-corrected chi connectivity index (χ2v) is 6.21. The van der Waals surface area contributed by atoms with Crippen LogP contribution in [0.1, 0.15) is 17.4 Å². The van der Waals surface area contributed by atoms with Crippen molar-refractivity contribution in [2.45, 2.75) is 13.0 Å². The zero-order valence-corrected chi connectivity index (χ0v) is 15.9. The van der Waals surface area contributed by atoms with Crippen LogP contribution in [0.3, 0.4) is 0 Å². The average Bonchev–Trinajstić information content (AvgIpc) is 2.75. The standard InChI is InChI=1S/C22H19FN2O4/c1-14(22(27)28-2)24-21(26)20-5-3-4-19(25-20)15-6-10-17(11-7-15)29-18-12-8-16(23)9-13-18/h3-14H,1-2H3,(H,24,26)/t14-/m0/s1. The van der Waals surface area contributed by atoms with Gasteiger partial charge in [-0.1, -0.05) is 6.07 Å². The predicted molar refractivity (Wildman–Crippen MR) is 105 cm³/mol. The fourth-order valence-electron chi connectivity index (χ4n) is 2.56. The summed E-state index contributed by atoms with van der Waals surface area (Å²) in [7, 11) is 1.26. The smallest absolute Gasteiger partial charge is 0.328 e. The predicted octanol–water partition coefficient (Wildman–Crippen LogP) is 3.97. The molecule has 0 spiro atoms. The van der Waals surface area contributed by atoms with Gasteiger partial charge in [-0.25, -0.2) is 14.2 Å². The molecule has 7 heteroatoms. The minimum absolute atomic E-state index is 0.185. The van der Waals surface area contributed by atoms with Crippen molar-refractivity contribution < 1.29 is 23.5 Å². The first-order chi connectivity index (χ1) is 14.0. The van der Waals surface area contributed by atoms with Crippen LogP contribution in [0.2, 0.25) is 0 Å². The quantitative estimate of drug-likeness (QED) is 0.640. The maximum absolute atomic E-state index is 13.0. The first kappa shape index (κ1) is 20.0. The maximum Gasteiger partial charge on any atom is 0.328 e. The van der Waals surface area contributed by atoms with E-state index in [1.54, 1.807) is 54.6 Å². The normalized spacial score (nSPS) is 11.4. The number of methoxy groups -OCH3 is 1. The van der Waals surface area contributed by atoms with E-state index in [-0.39, 0.29) is 11.5 Å². The fourth-order valence-corrected chi connectivity index (χ4v) is 2.56. The van der Waals surface area contributed by atoms with Gasteiger partial charge >= 0.3 is 5.97 Å². The first-order valence-corrected chi connectivity index (χ1v) is 8.86. The van der Waals surface area contributed by atoms with E-state index in [1.807, 2.05) is 0 Å². The van der Waals surface area contributed by atoms with Gasteiger partial charge in [0.1, 0.15) is 29.1 Å². The van der Waals surface area contributed by atoms with Crippen LogP contribution in [0.25, 0.3) is 11.3 Å². The lowest BCUT2D eigenvalue weighted by Gasteiger charge is -2.11. The molecular formula is C22H19FN2O4. The number of hydrogen-bond acceptors (Lipinski definition) is 5. The SMILES string of the molecule is COC(=O)[C@H](C)NC(=O)c1cccc(-c2ccc(Oc3ccc(F)cc3)cc2)n1. The van der Waals surface area contributed by atoms with E-state index in [2.05, 4.69) is 15.0 Å². The summed E-state index contributed by atoms with van der Waals surface area (Å²) in [6.07, 6.45) is 0. The van der Waals surface area contributed by atoms with E-state index in [1.165, 1.54) is 26.2 Å². The Bertz CT molecular complexity index is 1000. The van der Waals surface area contributed by atoms with Gasteiger partial charge in [-0.2, -0.15) is 0 Å². The Hall–Kier alpha value is -3.74. The summed E-state index contributed by atoms with van der Waals surface area (Å²) in [5.41, 5.74) is 1.56. The lowest BCUT2D eigenvalue weighted by Crippen LogP contribution is -2.39. The highest BCUT2D eigenvalue weighted by atomic mass is 19.1. The molecule has 0 radical (unpaired) electrons. The minimum Gasteiger partial charge on any atom is -0.467 e. The number of benzene rings is 2. The number of carbonyl (C=O) groups excluding carboxylic acids is 2. The number of ether oxygens (including phenoxy) is 2. The molecule has 0 aliphatic carbocycles. The van der Waals surface area contributed by atoms with Crippen molar-refractivity contribution >= 4 is 11.9 Å². The van der Waals surface area contributed by atoms with Gasteiger partial charge in [0.25, 0.3) is 5.91 Å². The molecule has 1 N–H and O–H groups in total. The van der Waals surface area contributed by atoms with E-state index >= 15 is 0 Å². The number of rotatable bonds is 6. The molecule has 0 bridgehead atoms. The van der Waals surface area contributed by atoms with Crippen LogP contribution in [0.15, 0.2) is 66.7 Å². The van der Waals surface area contributed by atoms with Crippen molar-refractivity contribution in [3.8, 4) is 22.8 Å². The summed E-state index contributed by atoms with van der Waals surface area (Å²) >= 11 is 0. The Morgan fingerprint density at radius 1 is 0.966 bits per heavy atom. The Morgan fingerprint density at radius 2 is 1.59 bits per heavy atom. The zero-order chi connectivity index (χ0) is 20.8. The fraction of sp³-hybridized carbons (Fsp3) is 0.136. The Morgan fingerprint density at radius 3 is 2.21 bits per heavy atom. The number of nitrogens with one attached hydrogen (secondary N) is 1. The molecule has 0 aliphatic heterocycles. The molecule has 3 aromatic rings. The molecule has 0 aliphatic rings. The monoisotopic (exact) mass is 394 g/mol. The zero-order valence-electron chi connectivity index (χ0n) is 15.9. The largest absolute Gasteiger partial charge is 0.467 e. The van der Waals surface area contributed by atoms with Crippen LogP contribution in [0, 0.1) is 5.82 Å². The highest BCUT2D eigenvalue weighted by molar-refractivity contribution is 5.95. The summed E-state index contributed by atoms with van der Waals surface area (Å²) in [4.78, 5) is 28.1. The third kappa shape index (κ3) is 5.16. The lowest BCUT2D eigenvalue weighted by molar-refractivity contribution is -0.142. The van der Waals surface area contributed by atoms with Crippen LogP contribution in [-0.2, 0) is 9.53 Å². The van der Waals surface area contributed by atoms with Gasteiger partial charge in [0.15, 0.2) is 0 Å². The molecule has 1 aromatic heterocycles. The van der Waals surface area contributed by atoms with Gasteiger partial charge in [0, 0.05) is 5.56 Å². The van der Waals surface area contributed by atoms with Crippen molar-refractivity contribution in [3.63, 3.8) is 0 Å². The molecule has 2 aromatic carbocycles. The molecule has 3 rings (SSSR count). The summed E-state index contributed by atoms with van der Waals surface area (Å²) < 4.78 is 23.2. The Labute approximate surface area is 167 Å². The van der Waals surface area contributed by atoms with Gasteiger partial charge in [0.05, 0.1) is 12.8 Å². The van der Waals surface area contributed by atoms with E-state index in [0.717, 1.165) is 5.56 Å². The molecule has 0 fully saturated rings. The molecule has 6 nitrogen and oxygen atoms in total. The average molecular weight is 394 g/mol. The molecule has 148 valence electrons. The first-order valence-electron chi connectivity index (χ1n) is 8.86. The molecule has 29 heavy (non-hydrogen) atoms. The molecule has 1 heterocycles. The van der Waals surface area contributed by atoms with Gasteiger partial charge in [-0.3, -0.25) is 4.79 Å². The van der Waals surface area contributed by atoms with E-state index in [4.69, 9.17) is 4.74 Å². The van der Waals surface area contributed by atoms with Gasteiger partial charge in [-0.15, -0.1) is 0 Å². The maximum atomic E-state index is 13.0. The number of nitrogens with zero attached hydrogens (tertiary/aromatic N) is 1. The topological polar surface area (TPSA) is 77.5 Å². The highest BCUT2D eigenvalue weighted by Gasteiger charge is 2.18. The number of hydrogen-bond donors (Lipinski definition) is 1. The number of carbonyl (C=O) groups is 2. The third-order valence-electron chi connectivity index (χ3n) is 4.08. The summed E-state index contributed by atoms with van der Waals surface area (Å²) in [6.45, 7) is 1.54. The van der Waals surface area contributed by atoms with Crippen molar-refractivity contribution in [2.75, 3.05) is 7.11 Å². The summed E-state index contributed by atoms with van der Waals surface area (Å²) in [6, 6.07) is 17.1. The second-order valence-electron chi connectivity index (χ2n) is 6.21. The molecule has 0 saturated heterocycles. The minimum atomic E-state index is -0.777. The van der Waals surface area contributed by atoms with Gasteiger partial charge in [0.2, 0.25) is 0 Å². The van der Waals surface area contributed by atoms with Crippen molar-refractivity contribution in [1.82, 2.24) is 10.3 Å².